The second-order valence-electron chi connectivity index (χ2n) is 13.1. The molecule has 3 N–H and O–H groups in total. The molecule has 0 amide bonds. The van der Waals surface area contributed by atoms with E-state index in [0.29, 0.717) is 19.3 Å². The van der Waals surface area contributed by atoms with E-state index < -0.39 is 34.8 Å². The number of ether oxygens (including phenoxy) is 5. The second-order valence-corrected chi connectivity index (χ2v) is 15.0. The van der Waals surface area contributed by atoms with Crippen LogP contribution >= 0.6 is 0 Å². The Kier molecular flexibility index (Phi) is 16.1. The molecule has 1 unspecified atom stereocenters. The van der Waals surface area contributed by atoms with Crippen LogP contribution in [0.25, 0.3) is 11.6 Å². The first-order valence-corrected chi connectivity index (χ1v) is 19.2. The first-order chi connectivity index (χ1) is 26.8. The van der Waals surface area contributed by atoms with Crippen molar-refractivity contribution in [2.75, 3.05) is 37.8 Å². The summed E-state index contributed by atoms with van der Waals surface area (Å²) in [6.07, 6.45) is 3.36. The van der Waals surface area contributed by atoms with Crippen molar-refractivity contribution in [2.24, 2.45) is 0 Å². The van der Waals surface area contributed by atoms with Gasteiger partial charge in [-0.05, 0) is 61.1 Å². The van der Waals surface area contributed by atoms with Gasteiger partial charge < -0.3 is 28.8 Å². The summed E-state index contributed by atoms with van der Waals surface area (Å²) in [5.41, 5.74) is 0.584. The van der Waals surface area contributed by atoms with Crippen molar-refractivity contribution in [3.05, 3.63) is 72.6 Å². The van der Waals surface area contributed by atoms with Gasteiger partial charge in [-0.1, -0.05) is 64.3 Å². The Hall–Kier alpha value is -5.18. The van der Waals surface area contributed by atoms with Crippen molar-refractivity contribution in [2.45, 2.75) is 76.3 Å². The van der Waals surface area contributed by atoms with Gasteiger partial charge in [0, 0.05) is 12.4 Å². The Morgan fingerprint density at radius 2 is 1.48 bits per heavy atom. The van der Waals surface area contributed by atoms with Crippen LogP contribution in [-0.2, 0) is 29.7 Å². The largest absolute Gasteiger partial charge is 0.510 e. The number of para-hydroxylation sites is 2. The number of benzene rings is 2. The van der Waals surface area contributed by atoms with E-state index in [1.54, 1.807) is 42.5 Å². The SMILES string of the molecule is COc1ccccc1Oc1c(OCCO)nc(-c2ncccn2)nc1N(C(C)OC(=O)OCCCCCCCON(O)O)S(=O)(=O)c1ccc(C(C)(C)C)cc1. The van der Waals surface area contributed by atoms with E-state index in [1.165, 1.54) is 38.6 Å². The monoisotopic (exact) mass is 800 g/mol. The number of unbranched alkanes of at least 4 members (excludes halogenated alkanes) is 4. The van der Waals surface area contributed by atoms with Gasteiger partial charge in [0.05, 0.1) is 37.2 Å². The summed E-state index contributed by atoms with van der Waals surface area (Å²) < 4.78 is 59.0. The Balaban J connectivity index is 1.79. The van der Waals surface area contributed by atoms with Crippen molar-refractivity contribution >= 4 is 22.0 Å². The molecule has 18 nitrogen and oxygen atoms in total. The van der Waals surface area contributed by atoms with E-state index in [0.717, 1.165) is 22.7 Å². The van der Waals surface area contributed by atoms with E-state index in [1.807, 2.05) is 20.8 Å². The normalized spacial score (nSPS) is 12.2. The van der Waals surface area contributed by atoms with Crippen molar-refractivity contribution in [1.29, 1.82) is 0 Å². The fourth-order valence-electron chi connectivity index (χ4n) is 5.20. The Morgan fingerprint density at radius 3 is 2.11 bits per heavy atom. The van der Waals surface area contributed by atoms with Gasteiger partial charge in [-0.2, -0.15) is 4.98 Å². The van der Waals surface area contributed by atoms with Gasteiger partial charge in [0.15, 0.2) is 29.4 Å². The molecular formula is C37H48N6O12S. The van der Waals surface area contributed by atoms with Crippen molar-refractivity contribution in [1.82, 2.24) is 25.3 Å². The average Bonchev–Trinajstić information content (AvgIpc) is 3.17. The van der Waals surface area contributed by atoms with Crippen molar-refractivity contribution in [3.63, 3.8) is 0 Å². The molecule has 0 radical (unpaired) electrons. The van der Waals surface area contributed by atoms with Crippen LogP contribution in [0.5, 0.6) is 23.1 Å². The lowest BCUT2D eigenvalue weighted by molar-refractivity contribution is -0.492. The van der Waals surface area contributed by atoms with Crippen LogP contribution in [0.2, 0.25) is 0 Å². The van der Waals surface area contributed by atoms with Crippen LogP contribution in [0.4, 0.5) is 10.6 Å². The van der Waals surface area contributed by atoms with Gasteiger partial charge in [0.1, 0.15) is 6.61 Å². The Morgan fingerprint density at radius 1 is 0.839 bits per heavy atom. The van der Waals surface area contributed by atoms with E-state index in [4.69, 9.17) is 34.1 Å². The summed E-state index contributed by atoms with van der Waals surface area (Å²) in [6.45, 7) is 6.71. The summed E-state index contributed by atoms with van der Waals surface area (Å²) in [5.74, 6) is -0.787. The number of hydrogen-bond acceptors (Lipinski definition) is 17. The molecule has 0 saturated heterocycles. The van der Waals surface area contributed by atoms with Crippen molar-refractivity contribution in [3.8, 4) is 34.8 Å². The minimum atomic E-state index is -4.66. The van der Waals surface area contributed by atoms with Crippen molar-refractivity contribution < 1.29 is 57.3 Å². The molecule has 2 aromatic carbocycles. The molecule has 0 saturated carbocycles. The highest BCUT2D eigenvalue weighted by atomic mass is 32.2. The maximum atomic E-state index is 14.9. The molecule has 19 heteroatoms. The predicted octanol–water partition coefficient (Wildman–Crippen LogP) is 6.06. The molecule has 2 aromatic heterocycles. The maximum Gasteiger partial charge on any atom is 0.510 e. The zero-order valence-corrected chi connectivity index (χ0v) is 32.7. The number of anilines is 1. The molecule has 304 valence electrons. The molecule has 0 aliphatic carbocycles. The fourth-order valence-corrected chi connectivity index (χ4v) is 6.70. The van der Waals surface area contributed by atoms with Gasteiger partial charge in [-0.3, -0.25) is 15.3 Å². The molecular weight excluding hydrogens is 753 g/mol. The zero-order valence-electron chi connectivity index (χ0n) is 31.9. The number of methoxy groups -OCH3 is 1. The minimum Gasteiger partial charge on any atom is -0.493 e. The van der Waals surface area contributed by atoms with Crippen LogP contribution in [0.1, 0.15) is 65.4 Å². The standard InChI is InChI=1S/C37H48N6O12S/c1-26(54-36(45)52-23-11-7-6-8-12-24-53-43(46)47)42(56(48,49)28-18-16-27(17-19-28)37(2,3)4)34-31(55-30-15-10-9-14-29(30)50-5)35(51-25-22-44)41-33(40-34)32-38-20-13-21-39-32/h9-10,13-21,26,44,46-47H,6-8,11-12,22-25H2,1-5H3. The molecule has 1 atom stereocenters. The topological polar surface area (TPSA) is 225 Å². The predicted molar refractivity (Wildman–Crippen MR) is 200 cm³/mol. The average molecular weight is 801 g/mol. The molecule has 0 aliphatic heterocycles. The Bertz CT molecular complexity index is 1950. The van der Waals surface area contributed by atoms with Crippen LogP contribution < -0.4 is 18.5 Å². The third kappa shape index (κ3) is 12.2. The fraction of sp³-hybridized carbons (Fsp3) is 0.432. The highest BCUT2D eigenvalue weighted by Crippen LogP contribution is 2.44. The first-order valence-electron chi connectivity index (χ1n) is 17.8. The highest BCUT2D eigenvalue weighted by molar-refractivity contribution is 7.92. The number of sulfonamides is 1. The Labute approximate surface area is 325 Å². The molecule has 4 aromatic rings. The summed E-state index contributed by atoms with van der Waals surface area (Å²) in [5, 5.41) is 26.6. The lowest BCUT2D eigenvalue weighted by Crippen LogP contribution is -2.42. The third-order valence-corrected chi connectivity index (χ3v) is 9.85. The maximum absolute atomic E-state index is 14.9. The molecule has 56 heavy (non-hydrogen) atoms. The number of hydrogen-bond donors (Lipinski definition) is 3. The molecule has 0 spiro atoms. The van der Waals surface area contributed by atoms with Crippen LogP contribution in [0, 0.1) is 0 Å². The van der Waals surface area contributed by atoms with Crippen LogP contribution in [0.15, 0.2) is 71.9 Å². The lowest BCUT2D eigenvalue weighted by atomic mass is 9.87. The number of nitrogens with zero attached hydrogens (tertiary/aromatic N) is 6. The van der Waals surface area contributed by atoms with E-state index in [9.17, 15) is 18.3 Å². The number of aliphatic hydroxyl groups excluding tert-OH is 1. The van der Waals surface area contributed by atoms with Gasteiger partial charge in [0.25, 0.3) is 15.9 Å². The summed E-state index contributed by atoms with van der Waals surface area (Å²) in [6, 6.07) is 14.4. The molecule has 0 aliphatic rings. The van der Waals surface area contributed by atoms with E-state index in [-0.39, 0.29) is 70.3 Å². The lowest BCUT2D eigenvalue weighted by Gasteiger charge is -2.30. The molecule has 4 rings (SSSR count). The number of aromatic nitrogens is 4. The quantitative estimate of drug-likeness (QED) is 0.0377. The van der Waals surface area contributed by atoms with Gasteiger partial charge in [-0.15, -0.1) is 0 Å². The minimum absolute atomic E-state index is 0.00240. The number of carbonyl (C=O) groups excluding carboxylic acids is 1. The first kappa shape index (κ1) is 43.5. The summed E-state index contributed by atoms with van der Waals surface area (Å²) in [4.78, 5) is 35.0. The second kappa shape index (κ2) is 20.7. The number of carbonyl (C=O) groups is 1. The molecule has 0 bridgehead atoms. The summed E-state index contributed by atoms with van der Waals surface area (Å²) in [7, 11) is -3.24. The number of rotatable bonds is 21. The van der Waals surface area contributed by atoms with Gasteiger partial charge in [-0.25, -0.2) is 32.5 Å². The van der Waals surface area contributed by atoms with Crippen LogP contribution in [-0.4, -0.2) is 95.2 Å². The molecule has 0 fully saturated rings. The van der Waals surface area contributed by atoms with Gasteiger partial charge in [0.2, 0.25) is 11.6 Å². The van der Waals surface area contributed by atoms with Crippen LogP contribution in [0.3, 0.4) is 0 Å². The molecule has 2 heterocycles. The summed E-state index contributed by atoms with van der Waals surface area (Å²) >= 11 is 0. The van der Waals surface area contributed by atoms with E-state index in [2.05, 4.69) is 24.8 Å². The van der Waals surface area contributed by atoms with E-state index >= 15 is 0 Å². The zero-order chi connectivity index (χ0) is 40.7. The van der Waals surface area contributed by atoms with Gasteiger partial charge >= 0.3 is 6.16 Å². The highest BCUT2D eigenvalue weighted by Gasteiger charge is 2.38. The number of aliphatic hydroxyl groups is 1. The third-order valence-electron chi connectivity index (χ3n) is 7.99. The smallest absolute Gasteiger partial charge is 0.493 e.